The standard InChI is InChI=1S/C16H10F2N4O2S/c1-8-14-12(7-13(23)21(8)16-19-2-3-25-16)20-22(15(14)24)11-5-9(17)4-10(18)6-11/h2-7,20H,1H3. The van der Waals surface area contributed by atoms with Crippen LogP contribution in [0.15, 0.2) is 45.4 Å². The number of aryl methyl sites for hydroxylation is 1. The third-order valence-corrected chi connectivity index (χ3v) is 4.58. The van der Waals surface area contributed by atoms with Crippen molar-refractivity contribution in [3.63, 3.8) is 0 Å². The Bertz CT molecular complexity index is 1200. The van der Waals surface area contributed by atoms with Gasteiger partial charge in [-0.2, -0.15) is 0 Å². The van der Waals surface area contributed by atoms with Crippen LogP contribution in [0.1, 0.15) is 5.69 Å². The lowest BCUT2D eigenvalue weighted by Crippen LogP contribution is -2.21. The van der Waals surface area contributed by atoms with Gasteiger partial charge in [0.2, 0.25) is 0 Å². The maximum atomic E-state index is 13.5. The zero-order valence-corrected chi connectivity index (χ0v) is 13.6. The summed E-state index contributed by atoms with van der Waals surface area (Å²) in [5.41, 5.74) is -0.188. The van der Waals surface area contributed by atoms with Gasteiger partial charge in [-0.3, -0.25) is 19.3 Å². The van der Waals surface area contributed by atoms with Crippen molar-refractivity contribution in [2.75, 3.05) is 0 Å². The number of hydrogen-bond acceptors (Lipinski definition) is 4. The molecule has 25 heavy (non-hydrogen) atoms. The molecular formula is C16H10F2N4O2S. The van der Waals surface area contributed by atoms with E-state index in [1.807, 2.05) is 0 Å². The summed E-state index contributed by atoms with van der Waals surface area (Å²) in [6.07, 6.45) is 1.56. The molecule has 4 aromatic rings. The van der Waals surface area contributed by atoms with Gasteiger partial charge in [-0.05, 0) is 19.1 Å². The van der Waals surface area contributed by atoms with Gasteiger partial charge in [0, 0.05) is 29.4 Å². The maximum Gasteiger partial charge on any atom is 0.280 e. The first-order chi connectivity index (χ1) is 12.0. The van der Waals surface area contributed by atoms with Gasteiger partial charge in [0.05, 0.1) is 16.6 Å². The second kappa shape index (κ2) is 5.49. The van der Waals surface area contributed by atoms with Crippen molar-refractivity contribution in [3.8, 4) is 10.8 Å². The van der Waals surface area contributed by atoms with Crippen molar-refractivity contribution < 1.29 is 8.78 Å². The third-order valence-electron chi connectivity index (χ3n) is 3.82. The number of nitrogens with one attached hydrogen (secondary N) is 1. The van der Waals surface area contributed by atoms with E-state index in [1.54, 1.807) is 18.5 Å². The van der Waals surface area contributed by atoms with Crippen molar-refractivity contribution >= 4 is 22.2 Å². The normalized spacial score (nSPS) is 11.3. The topological polar surface area (TPSA) is 72.7 Å². The summed E-state index contributed by atoms with van der Waals surface area (Å²) < 4.78 is 29.3. The fourth-order valence-electron chi connectivity index (χ4n) is 2.79. The van der Waals surface area contributed by atoms with Crippen LogP contribution in [-0.4, -0.2) is 19.3 Å². The predicted octanol–water partition coefficient (Wildman–Crippen LogP) is 2.51. The molecule has 0 unspecified atom stereocenters. The SMILES string of the molecule is Cc1c2c(=O)n(-c3cc(F)cc(F)c3)[nH]c2cc(=O)n1-c1nccs1. The van der Waals surface area contributed by atoms with Gasteiger partial charge in [0.1, 0.15) is 11.6 Å². The fraction of sp³-hybridized carbons (Fsp3) is 0.0625. The molecule has 4 rings (SSSR count). The molecule has 0 fully saturated rings. The van der Waals surface area contributed by atoms with E-state index < -0.39 is 17.2 Å². The molecule has 9 heteroatoms. The Hall–Kier alpha value is -3.07. The van der Waals surface area contributed by atoms with E-state index in [-0.39, 0.29) is 22.1 Å². The van der Waals surface area contributed by atoms with Crippen LogP contribution in [0, 0.1) is 18.6 Å². The molecule has 0 aliphatic carbocycles. The first kappa shape index (κ1) is 15.5. The molecule has 0 aliphatic rings. The summed E-state index contributed by atoms with van der Waals surface area (Å²) in [6, 6.07) is 4.04. The highest BCUT2D eigenvalue weighted by molar-refractivity contribution is 7.12. The van der Waals surface area contributed by atoms with Crippen molar-refractivity contribution in [3.05, 3.63) is 73.9 Å². The molecule has 0 saturated carbocycles. The molecule has 0 atom stereocenters. The molecule has 1 N–H and O–H groups in total. The summed E-state index contributed by atoms with van der Waals surface area (Å²) in [4.78, 5) is 29.3. The number of nitrogens with zero attached hydrogens (tertiary/aromatic N) is 3. The van der Waals surface area contributed by atoms with Gasteiger partial charge in [-0.25, -0.2) is 18.4 Å². The molecule has 0 amide bonds. The lowest BCUT2D eigenvalue weighted by atomic mass is 10.2. The minimum absolute atomic E-state index is 0.00588. The highest BCUT2D eigenvalue weighted by Crippen LogP contribution is 2.18. The number of aromatic nitrogens is 4. The third kappa shape index (κ3) is 2.40. The lowest BCUT2D eigenvalue weighted by molar-refractivity contribution is 0.580. The second-order valence-corrected chi connectivity index (χ2v) is 6.26. The molecule has 126 valence electrons. The largest absolute Gasteiger partial charge is 0.290 e. The zero-order valence-electron chi connectivity index (χ0n) is 12.8. The van der Waals surface area contributed by atoms with Crippen LogP contribution in [0.3, 0.4) is 0 Å². The number of H-pyrrole nitrogens is 1. The average molecular weight is 360 g/mol. The fourth-order valence-corrected chi connectivity index (χ4v) is 3.49. The van der Waals surface area contributed by atoms with Gasteiger partial charge in [0.25, 0.3) is 11.1 Å². The summed E-state index contributed by atoms with van der Waals surface area (Å²) in [5.74, 6) is -1.61. The molecule has 6 nitrogen and oxygen atoms in total. The highest BCUT2D eigenvalue weighted by atomic mass is 32.1. The number of halogens is 2. The Kier molecular flexibility index (Phi) is 3.39. The van der Waals surface area contributed by atoms with E-state index in [1.165, 1.54) is 22.0 Å². The van der Waals surface area contributed by atoms with Crippen LogP contribution in [-0.2, 0) is 0 Å². The maximum absolute atomic E-state index is 13.5. The Morgan fingerprint density at radius 1 is 1.12 bits per heavy atom. The van der Waals surface area contributed by atoms with E-state index in [4.69, 9.17) is 0 Å². The number of rotatable bonds is 2. The van der Waals surface area contributed by atoms with Crippen LogP contribution < -0.4 is 11.1 Å². The molecule has 0 saturated heterocycles. The number of aromatic amines is 1. The molecule has 1 aromatic carbocycles. The number of hydrogen-bond donors (Lipinski definition) is 1. The van der Waals surface area contributed by atoms with Crippen LogP contribution in [0.4, 0.5) is 8.78 Å². The van der Waals surface area contributed by atoms with E-state index in [0.717, 1.165) is 16.8 Å². The Labute approximate surface area is 142 Å². The van der Waals surface area contributed by atoms with E-state index in [2.05, 4.69) is 10.1 Å². The average Bonchev–Trinajstić information content (AvgIpc) is 3.15. The Morgan fingerprint density at radius 2 is 1.84 bits per heavy atom. The van der Waals surface area contributed by atoms with Crippen LogP contribution >= 0.6 is 11.3 Å². The number of benzene rings is 1. The van der Waals surface area contributed by atoms with Crippen molar-refractivity contribution in [2.45, 2.75) is 6.92 Å². The molecule has 0 spiro atoms. The Morgan fingerprint density at radius 3 is 2.48 bits per heavy atom. The molecular weight excluding hydrogens is 350 g/mol. The Balaban J connectivity index is 2.05. The number of thiazole rings is 1. The van der Waals surface area contributed by atoms with E-state index in [0.29, 0.717) is 16.9 Å². The van der Waals surface area contributed by atoms with Crippen LogP contribution in [0.2, 0.25) is 0 Å². The van der Waals surface area contributed by atoms with Crippen molar-refractivity contribution in [1.29, 1.82) is 0 Å². The molecule has 3 aromatic heterocycles. The van der Waals surface area contributed by atoms with Crippen molar-refractivity contribution in [1.82, 2.24) is 19.3 Å². The summed E-state index contributed by atoms with van der Waals surface area (Å²) in [6.45, 7) is 1.62. The molecule has 3 heterocycles. The minimum Gasteiger partial charge on any atom is -0.290 e. The van der Waals surface area contributed by atoms with E-state index >= 15 is 0 Å². The highest BCUT2D eigenvalue weighted by Gasteiger charge is 2.17. The van der Waals surface area contributed by atoms with Gasteiger partial charge in [-0.1, -0.05) is 0 Å². The summed E-state index contributed by atoms with van der Waals surface area (Å²) >= 11 is 1.26. The lowest BCUT2D eigenvalue weighted by Gasteiger charge is -2.05. The summed E-state index contributed by atoms with van der Waals surface area (Å²) in [5, 5.41) is 5.14. The second-order valence-electron chi connectivity index (χ2n) is 5.39. The molecule has 0 aliphatic heterocycles. The number of fused-ring (bicyclic) bond motifs is 1. The smallest absolute Gasteiger partial charge is 0.280 e. The minimum atomic E-state index is -0.806. The van der Waals surface area contributed by atoms with Crippen molar-refractivity contribution in [2.24, 2.45) is 0 Å². The first-order valence-corrected chi connectivity index (χ1v) is 8.07. The monoisotopic (exact) mass is 360 g/mol. The quantitative estimate of drug-likeness (QED) is 0.597. The summed E-state index contributed by atoms with van der Waals surface area (Å²) in [7, 11) is 0. The molecule has 0 radical (unpaired) electrons. The first-order valence-electron chi connectivity index (χ1n) is 7.19. The van der Waals surface area contributed by atoms with Gasteiger partial charge < -0.3 is 0 Å². The van der Waals surface area contributed by atoms with Gasteiger partial charge >= 0.3 is 0 Å². The van der Waals surface area contributed by atoms with Crippen LogP contribution in [0.5, 0.6) is 0 Å². The van der Waals surface area contributed by atoms with Crippen LogP contribution in [0.25, 0.3) is 21.7 Å². The van der Waals surface area contributed by atoms with Gasteiger partial charge in [0.15, 0.2) is 5.13 Å². The molecule has 0 bridgehead atoms. The predicted molar refractivity (Wildman–Crippen MR) is 89.8 cm³/mol. The zero-order chi connectivity index (χ0) is 17.7. The number of pyridine rings is 1. The van der Waals surface area contributed by atoms with E-state index in [9.17, 15) is 18.4 Å². The van der Waals surface area contributed by atoms with Gasteiger partial charge in [-0.15, -0.1) is 11.3 Å².